The van der Waals surface area contributed by atoms with Crippen molar-refractivity contribution in [2.75, 3.05) is 31.6 Å². The molecule has 0 bridgehead atoms. The van der Waals surface area contributed by atoms with Crippen LogP contribution in [0.25, 0.3) is 0 Å². The van der Waals surface area contributed by atoms with Gasteiger partial charge in [0.1, 0.15) is 5.82 Å². The Morgan fingerprint density at radius 3 is 2.67 bits per heavy atom. The van der Waals surface area contributed by atoms with Crippen molar-refractivity contribution in [3.8, 4) is 0 Å². The van der Waals surface area contributed by atoms with Crippen molar-refractivity contribution in [1.82, 2.24) is 9.88 Å². The lowest BCUT2D eigenvalue weighted by Gasteiger charge is -2.29. The van der Waals surface area contributed by atoms with Crippen LogP contribution in [0, 0.1) is 5.41 Å². The second-order valence-corrected chi connectivity index (χ2v) is 7.98. The third-order valence-electron chi connectivity index (χ3n) is 6.61. The summed E-state index contributed by atoms with van der Waals surface area (Å²) in [4.78, 5) is 20.3. The molecule has 2 aliphatic rings. The molecule has 1 saturated heterocycles. The number of fused-ring (bicyclic) bond motifs is 1. The summed E-state index contributed by atoms with van der Waals surface area (Å²) in [5.41, 5.74) is 3.64. The van der Waals surface area contributed by atoms with E-state index in [9.17, 15) is 4.79 Å². The SMILES string of the molecule is CCC(CC)(CC)C(=O)Nc1cc(CN2CCCOCC2)c2c(n1)CCC2. The highest BCUT2D eigenvalue weighted by Gasteiger charge is 2.33. The molecule has 1 fully saturated rings. The Bertz CT molecular complexity index is 639. The molecule has 3 rings (SSSR count). The molecule has 1 aromatic heterocycles. The van der Waals surface area contributed by atoms with Crippen molar-refractivity contribution < 1.29 is 9.53 Å². The first-order valence-electron chi connectivity index (χ1n) is 10.7. The number of aromatic nitrogens is 1. The van der Waals surface area contributed by atoms with Gasteiger partial charge in [0.05, 0.1) is 6.61 Å². The van der Waals surface area contributed by atoms with Gasteiger partial charge < -0.3 is 10.1 Å². The number of ether oxygens (including phenoxy) is 1. The molecule has 0 spiro atoms. The number of hydrogen-bond acceptors (Lipinski definition) is 4. The number of carbonyl (C=O) groups is 1. The molecule has 150 valence electrons. The van der Waals surface area contributed by atoms with Gasteiger partial charge in [0, 0.05) is 37.4 Å². The van der Waals surface area contributed by atoms with Crippen LogP contribution in [0.5, 0.6) is 0 Å². The van der Waals surface area contributed by atoms with E-state index < -0.39 is 0 Å². The van der Waals surface area contributed by atoms with Gasteiger partial charge >= 0.3 is 0 Å². The van der Waals surface area contributed by atoms with Gasteiger partial charge in [-0.1, -0.05) is 20.8 Å². The number of nitrogens with one attached hydrogen (secondary N) is 1. The molecule has 5 heteroatoms. The van der Waals surface area contributed by atoms with Crippen LogP contribution in [0.4, 0.5) is 5.82 Å². The smallest absolute Gasteiger partial charge is 0.231 e. The zero-order valence-corrected chi connectivity index (χ0v) is 17.3. The minimum atomic E-state index is -0.289. The molecule has 0 radical (unpaired) electrons. The van der Waals surface area contributed by atoms with E-state index in [-0.39, 0.29) is 11.3 Å². The molecular formula is C22H35N3O2. The number of carbonyl (C=O) groups excluding carboxylic acids is 1. The van der Waals surface area contributed by atoms with Crippen molar-refractivity contribution in [3.63, 3.8) is 0 Å². The fraction of sp³-hybridized carbons (Fsp3) is 0.727. The third-order valence-corrected chi connectivity index (χ3v) is 6.61. The summed E-state index contributed by atoms with van der Waals surface area (Å²) in [5.74, 6) is 0.857. The first-order valence-corrected chi connectivity index (χ1v) is 10.7. The Labute approximate surface area is 163 Å². The van der Waals surface area contributed by atoms with Crippen molar-refractivity contribution in [3.05, 3.63) is 22.9 Å². The average Bonchev–Trinajstić information content (AvgIpc) is 3.00. The monoisotopic (exact) mass is 373 g/mol. The van der Waals surface area contributed by atoms with Crippen molar-refractivity contribution >= 4 is 11.7 Å². The Morgan fingerprint density at radius 2 is 1.93 bits per heavy atom. The summed E-state index contributed by atoms with van der Waals surface area (Å²) in [6.07, 6.45) is 6.96. The highest BCUT2D eigenvalue weighted by Crippen LogP contribution is 2.33. The van der Waals surface area contributed by atoms with Gasteiger partial charge in [-0.05, 0) is 62.1 Å². The van der Waals surface area contributed by atoms with E-state index in [1.807, 2.05) is 0 Å². The van der Waals surface area contributed by atoms with Gasteiger partial charge in [0.25, 0.3) is 0 Å². The maximum Gasteiger partial charge on any atom is 0.231 e. The van der Waals surface area contributed by atoms with E-state index in [2.05, 4.69) is 37.1 Å². The van der Waals surface area contributed by atoms with E-state index in [0.717, 1.165) is 77.2 Å². The predicted octanol–water partition coefficient (Wildman–Crippen LogP) is 3.95. The Hall–Kier alpha value is -1.46. The van der Waals surface area contributed by atoms with E-state index in [4.69, 9.17) is 9.72 Å². The first-order chi connectivity index (χ1) is 13.1. The van der Waals surface area contributed by atoms with E-state index >= 15 is 0 Å². The van der Waals surface area contributed by atoms with Crippen molar-refractivity contribution in [1.29, 1.82) is 0 Å². The molecule has 5 nitrogen and oxygen atoms in total. The molecule has 1 aliphatic carbocycles. The lowest BCUT2D eigenvalue weighted by Crippen LogP contribution is -2.35. The number of amides is 1. The first kappa shape index (κ1) is 20.3. The zero-order valence-electron chi connectivity index (χ0n) is 17.3. The summed E-state index contributed by atoms with van der Waals surface area (Å²) in [7, 11) is 0. The van der Waals surface area contributed by atoms with Crippen LogP contribution < -0.4 is 5.32 Å². The van der Waals surface area contributed by atoms with E-state index in [1.54, 1.807) is 0 Å². The van der Waals surface area contributed by atoms with Crippen LogP contribution in [0.2, 0.25) is 0 Å². The quantitative estimate of drug-likeness (QED) is 0.786. The summed E-state index contributed by atoms with van der Waals surface area (Å²) in [6, 6.07) is 2.12. The average molecular weight is 374 g/mol. The summed E-state index contributed by atoms with van der Waals surface area (Å²) in [6.45, 7) is 11.0. The van der Waals surface area contributed by atoms with Crippen LogP contribution >= 0.6 is 0 Å². The molecule has 1 aromatic rings. The molecule has 0 saturated carbocycles. The molecular weight excluding hydrogens is 338 g/mol. The molecule has 1 aliphatic heterocycles. The molecule has 0 aromatic carbocycles. The Balaban J connectivity index is 1.81. The zero-order chi connectivity index (χ0) is 19.3. The summed E-state index contributed by atoms with van der Waals surface area (Å²) in [5, 5.41) is 3.16. The maximum atomic E-state index is 13.0. The summed E-state index contributed by atoms with van der Waals surface area (Å²) >= 11 is 0. The predicted molar refractivity (Wildman–Crippen MR) is 109 cm³/mol. The Kier molecular flexibility index (Phi) is 6.88. The number of pyridine rings is 1. The second-order valence-electron chi connectivity index (χ2n) is 7.98. The number of aryl methyl sites for hydroxylation is 1. The fourth-order valence-electron chi connectivity index (χ4n) is 4.51. The molecule has 0 unspecified atom stereocenters. The number of rotatable bonds is 7. The second kappa shape index (κ2) is 9.16. The number of anilines is 1. The topological polar surface area (TPSA) is 54.5 Å². The highest BCUT2D eigenvalue weighted by molar-refractivity contribution is 5.94. The standard InChI is InChI=1S/C22H35N3O2/c1-4-22(5-2,6-3)21(26)24-20-15-17(18-9-7-10-19(18)23-20)16-25-11-8-13-27-14-12-25/h15H,4-14,16H2,1-3H3,(H,23,24,26). The minimum Gasteiger partial charge on any atom is -0.380 e. The fourth-order valence-corrected chi connectivity index (χ4v) is 4.51. The van der Waals surface area contributed by atoms with Gasteiger partial charge in [-0.15, -0.1) is 0 Å². The third kappa shape index (κ3) is 4.52. The molecule has 2 heterocycles. The van der Waals surface area contributed by atoms with Gasteiger partial charge in [-0.3, -0.25) is 9.69 Å². The van der Waals surface area contributed by atoms with Crippen molar-refractivity contribution in [2.24, 2.45) is 5.41 Å². The molecule has 27 heavy (non-hydrogen) atoms. The largest absolute Gasteiger partial charge is 0.380 e. The number of nitrogens with zero attached hydrogens (tertiary/aromatic N) is 2. The van der Waals surface area contributed by atoms with E-state index in [0.29, 0.717) is 0 Å². The van der Waals surface area contributed by atoms with Crippen molar-refractivity contribution in [2.45, 2.75) is 72.3 Å². The van der Waals surface area contributed by atoms with Gasteiger partial charge in [-0.2, -0.15) is 0 Å². The Morgan fingerprint density at radius 1 is 1.15 bits per heavy atom. The lowest BCUT2D eigenvalue weighted by molar-refractivity contribution is -0.126. The van der Waals surface area contributed by atoms with Crippen LogP contribution in [-0.2, 0) is 28.9 Å². The van der Waals surface area contributed by atoms with Gasteiger partial charge in [0.2, 0.25) is 5.91 Å². The minimum absolute atomic E-state index is 0.120. The van der Waals surface area contributed by atoms with Gasteiger partial charge in [-0.25, -0.2) is 4.98 Å². The number of hydrogen-bond donors (Lipinski definition) is 1. The van der Waals surface area contributed by atoms with Crippen LogP contribution in [0.15, 0.2) is 6.07 Å². The highest BCUT2D eigenvalue weighted by atomic mass is 16.5. The molecule has 0 atom stereocenters. The van der Waals surface area contributed by atoms with Crippen LogP contribution in [0.3, 0.4) is 0 Å². The van der Waals surface area contributed by atoms with E-state index in [1.165, 1.54) is 23.2 Å². The van der Waals surface area contributed by atoms with Gasteiger partial charge in [0.15, 0.2) is 0 Å². The molecule has 1 N–H and O–H groups in total. The normalized spacial score (nSPS) is 18.2. The molecule has 1 amide bonds. The lowest BCUT2D eigenvalue weighted by atomic mass is 9.79. The van der Waals surface area contributed by atoms with Crippen LogP contribution in [-0.4, -0.2) is 42.1 Å². The van der Waals surface area contributed by atoms with Crippen LogP contribution in [0.1, 0.15) is 69.7 Å². The maximum absolute atomic E-state index is 13.0. The summed E-state index contributed by atoms with van der Waals surface area (Å²) < 4.78 is 5.59.